The van der Waals surface area contributed by atoms with Crippen LogP contribution in [-0.2, 0) is 26.4 Å². The molecule has 0 radical (unpaired) electrons. The van der Waals surface area contributed by atoms with Crippen molar-refractivity contribution in [2.45, 2.75) is 45.7 Å². The van der Waals surface area contributed by atoms with Crippen LogP contribution in [0, 0.1) is 6.92 Å². The van der Waals surface area contributed by atoms with E-state index in [9.17, 15) is 0 Å². The molecule has 20 heavy (non-hydrogen) atoms. The van der Waals surface area contributed by atoms with Crippen molar-refractivity contribution in [2.75, 3.05) is 0 Å². The monoisotopic (exact) mass is 269 g/mol. The molecular weight excluding hydrogens is 246 g/mol. The summed E-state index contributed by atoms with van der Waals surface area (Å²) < 4.78 is 1.93. The molecule has 1 aliphatic rings. The van der Waals surface area contributed by atoms with Crippen molar-refractivity contribution in [1.29, 1.82) is 0 Å². The highest BCUT2D eigenvalue weighted by Crippen LogP contribution is 2.25. The van der Waals surface area contributed by atoms with E-state index in [4.69, 9.17) is 0 Å². The first kappa shape index (κ1) is 13.4. The van der Waals surface area contributed by atoms with Crippen molar-refractivity contribution in [3.63, 3.8) is 0 Å². The topological polar surface area (TPSA) is 29.9 Å². The number of rotatable bonds is 4. The van der Waals surface area contributed by atoms with Crippen molar-refractivity contribution in [2.24, 2.45) is 7.05 Å². The van der Waals surface area contributed by atoms with Crippen LogP contribution in [0.4, 0.5) is 0 Å². The Morgan fingerprint density at radius 3 is 2.85 bits per heavy atom. The number of hydrogen-bond donors (Lipinski definition) is 1. The highest BCUT2D eigenvalue weighted by molar-refractivity contribution is 5.36. The van der Waals surface area contributed by atoms with Gasteiger partial charge in [-0.15, -0.1) is 0 Å². The number of nitrogens with zero attached hydrogens (tertiary/aromatic N) is 2. The molecule has 0 amide bonds. The van der Waals surface area contributed by atoms with Gasteiger partial charge in [0.05, 0.1) is 6.20 Å². The van der Waals surface area contributed by atoms with E-state index in [1.807, 2.05) is 17.9 Å². The Morgan fingerprint density at radius 1 is 1.30 bits per heavy atom. The molecule has 0 saturated carbocycles. The number of aromatic nitrogens is 2. The molecule has 3 rings (SSSR count). The molecule has 0 bridgehead atoms. The fourth-order valence-corrected chi connectivity index (χ4v) is 2.96. The Labute approximate surface area is 121 Å². The lowest BCUT2D eigenvalue weighted by Gasteiger charge is -2.15. The zero-order valence-corrected chi connectivity index (χ0v) is 12.6. The molecule has 1 aromatic heterocycles. The molecule has 0 saturated heterocycles. The Hall–Kier alpha value is -1.61. The van der Waals surface area contributed by atoms with Crippen molar-refractivity contribution in [3.05, 3.63) is 52.3 Å². The van der Waals surface area contributed by atoms with Gasteiger partial charge in [0.2, 0.25) is 0 Å². The Kier molecular flexibility index (Phi) is 3.62. The van der Waals surface area contributed by atoms with Crippen LogP contribution in [0.25, 0.3) is 0 Å². The van der Waals surface area contributed by atoms with E-state index >= 15 is 0 Å². The molecule has 1 atom stereocenters. The van der Waals surface area contributed by atoms with E-state index in [2.05, 4.69) is 42.5 Å². The summed E-state index contributed by atoms with van der Waals surface area (Å²) in [5.41, 5.74) is 7.00. The fraction of sp³-hybridized carbons (Fsp3) is 0.471. The number of benzene rings is 1. The number of nitrogens with one attached hydrogen (secondary N) is 1. The molecule has 1 aromatic carbocycles. The van der Waals surface area contributed by atoms with Crippen molar-refractivity contribution in [1.82, 2.24) is 15.1 Å². The maximum Gasteiger partial charge on any atom is 0.0537 e. The third-order valence-electron chi connectivity index (χ3n) is 4.56. The summed E-state index contributed by atoms with van der Waals surface area (Å²) in [6.07, 6.45) is 5.77. The molecule has 0 spiro atoms. The molecule has 106 valence electrons. The van der Waals surface area contributed by atoms with E-state index in [1.54, 1.807) is 11.1 Å². The molecule has 3 heteroatoms. The van der Waals surface area contributed by atoms with Gasteiger partial charge in [-0.1, -0.05) is 18.2 Å². The average molecular weight is 269 g/mol. The first-order chi connectivity index (χ1) is 9.65. The van der Waals surface area contributed by atoms with Crippen LogP contribution in [-0.4, -0.2) is 9.78 Å². The van der Waals surface area contributed by atoms with Gasteiger partial charge in [-0.3, -0.25) is 4.68 Å². The Bertz CT molecular complexity index is 613. The lowest BCUT2D eigenvalue weighted by atomic mass is 10.0. The van der Waals surface area contributed by atoms with Gasteiger partial charge in [0, 0.05) is 30.9 Å². The second-order valence-corrected chi connectivity index (χ2v) is 5.86. The molecule has 0 aliphatic heterocycles. The summed E-state index contributed by atoms with van der Waals surface area (Å²) in [7, 11) is 1.99. The van der Waals surface area contributed by atoms with Crippen molar-refractivity contribution >= 4 is 0 Å². The molecule has 1 heterocycles. The first-order valence-electron chi connectivity index (χ1n) is 7.47. The van der Waals surface area contributed by atoms with E-state index in [1.165, 1.54) is 36.1 Å². The van der Waals surface area contributed by atoms with Crippen molar-refractivity contribution < 1.29 is 0 Å². The molecule has 1 aliphatic carbocycles. The second-order valence-electron chi connectivity index (χ2n) is 5.86. The Morgan fingerprint density at radius 2 is 2.10 bits per heavy atom. The van der Waals surface area contributed by atoms with E-state index in [0.29, 0.717) is 6.04 Å². The second kappa shape index (κ2) is 5.41. The van der Waals surface area contributed by atoms with E-state index < -0.39 is 0 Å². The highest BCUT2D eigenvalue weighted by Gasteiger charge is 2.13. The summed E-state index contributed by atoms with van der Waals surface area (Å²) in [6.45, 7) is 5.23. The first-order valence-corrected chi connectivity index (χ1v) is 7.47. The molecule has 1 N–H and O–H groups in total. The summed E-state index contributed by atoms with van der Waals surface area (Å²) in [5.74, 6) is 0. The van der Waals surface area contributed by atoms with Crippen LogP contribution in [0.15, 0.2) is 24.4 Å². The van der Waals surface area contributed by atoms with Gasteiger partial charge in [-0.05, 0) is 49.8 Å². The highest BCUT2D eigenvalue weighted by atomic mass is 15.3. The lowest BCUT2D eigenvalue weighted by Crippen LogP contribution is -2.18. The minimum atomic E-state index is 0.375. The van der Waals surface area contributed by atoms with Gasteiger partial charge < -0.3 is 5.32 Å². The summed E-state index contributed by atoms with van der Waals surface area (Å²) in [5, 5.41) is 7.90. The van der Waals surface area contributed by atoms with Crippen molar-refractivity contribution in [3.8, 4) is 0 Å². The predicted molar refractivity (Wildman–Crippen MR) is 81.7 cm³/mol. The largest absolute Gasteiger partial charge is 0.306 e. The van der Waals surface area contributed by atoms with Gasteiger partial charge >= 0.3 is 0 Å². The fourth-order valence-electron chi connectivity index (χ4n) is 2.96. The zero-order chi connectivity index (χ0) is 14.1. The normalized spacial score (nSPS) is 15.3. The quantitative estimate of drug-likeness (QED) is 0.924. The smallest absolute Gasteiger partial charge is 0.0537 e. The van der Waals surface area contributed by atoms with Gasteiger partial charge in [-0.25, -0.2) is 0 Å². The molecule has 0 fully saturated rings. The SMILES string of the molecule is Cc1c(CN[C@H](C)c2ccc3c(c2)CCC3)cnn1C. The molecule has 3 nitrogen and oxygen atoms in total. The minimum absolute atomic E-state index is 0.375. The standard InChI is InChI=1S/C17H23N3/c1-12(18-10-17-11-19-20(3)13(17)2)15-8-7-14-5-4-6-16(14)9-15/h7-9,11-12,18H,4-6,10H2,1-3H3/t12-/m1/s1. The van der Waals surface area contributed by atoms with Crippen LogP contribution in [0.1, 0.15) is 47.3 Å². The summed E-state index contributed by atoms with van der Waals surface area (Å²) in [4.78, 5) is 0. The van der Waals surface area contributed by atoms with Gasteiger partial charge in [0.25, 0.3) is 0 Å². The van der Waals surface area contributed by atoms with Gasteiger partial charge in [0.1, 0.15) is 0 Å². The summed E-state index contributed by atoms with van der Waals surface area (Å²) in [6, 6.07) is 7.35. The summed E-state index contributed by atoms with van der Waals surface area (Å²) >= 11 is 0. The van der Waals surface area contributed by atoms with Gasteiger partial charge in [0.15, 0.2) is 0 Å². The van der Waals surface area contributed by atoms with Crippen LogP contribution in [0.3, 0.4) is 0 Å². The number of fused-ring (bicyclic) bond motifs is 1. The van der Waals surface area contributed by atoms with Crippen LogP contribution in [0.2, 0.25) is 0 Å². The maximum absolute atomic E-state index is 4.29. The van der Waals surface area contributed by atoms with Crippen LogP contribution in [0.5, 0.6) is 0 Å². The zero-order valence-electron chi connectivity index (χ0n) is 12.6. The molecular formula is C17H23N3. The minimum Gasteiger partial charge on any atom is -0.306 e. The van der Waals surface area contributed by atoms with E-state index in [0.717, 1.165) is 6.54 Å². The molecule has 2 aromatic rings. The Balaban J connectivity index is 1.67. The van der Waals surface area contributed by atoms with Gasteiger partial charge in [-0.2, -0.15) is 5.10 Å². The maximum atomic E-state index is 4.29. The number of aryl methyl sites for hydroxylation is 3. The number of hydrogen-bond acceptors (Lipinski definition) is 2. The third kappa shape index (κ3) is 2.50. The molecule has 0 unspecified atom stereocenters. The van der Waals surface area contributed by atoms with E-state index in [-0.39, 0.29) is 0 Å². The van der Waals surface area contributed by atoms with Crippen LogP contribution < -0.4 is 5.32 Å². The average Bonchev–Trinajstić information content (AvgIpc) is 3.04. The third-order valence-corrected chi connectivity index (χ3v) is 4.56. The lowest BCUT2D eigenvalue weighted by molar-refractivity contribution is 0.572. The predicted octanol–water partition coefficient (Wildman–Crippen LogP) is 3.07. The van der Waals surface area contributed by atoms with Crippen LogP contribution >= 0.6 is 0 Å².